The van der Waals surface area contributed by atoms with Crippen LogP contribution < -0.4 is 5.32 Å². The zero-order valence-electron chi connectivity index (χ0n) is 13.6. The Morgan fingerprint density at radius 3 is 2.96 bits per heavy atom. The van der Waals surface area contributed by atoms with Gasteiger partial charge in [-0.15, -0.1) is 0 Å². The molecule has 7 nitrogen and oxygen atoms in total. The van der Waals surface area contributed by atoms with Crippen LogP contribution in [0, 0.1) is 6.92 Å². The molecule has 0 fully saturated rings. The molecule has 0 unspecified atom stereocenters. The van der Waals surface area contributed by atoms with E-state index in [-0.39, 0.29) is 11.9 Å². The highest BCUT2D eigenvalue weighted by Gasteiger charge is 2.15. The van der Waals surface area contributed by atoms with E-state index < -0.39 is 0 Å². The third-order valence-electron chi connectivity index (χ3n) is 3.75. The fourth-order valence-electron chi connectivity index (χ4n) is 2.64. The van der Waals surface area contributed by atoms with E-state index in [1.807, 2.05) is 28.6 Å². The highest BCUT2D eigenvalue weighted by Crippen LogP contribution is 2.21. The number of nitrogens with one attached hydrogen (secondary N) is 1. The van der Waals surface area contributed by atoms with Crippen LogP contribution in [0.4, 0.5) is 0 Å². The number of hydrogen-bond donors (Lipinski definition) is 1. The first-order valence-electron chi connectivity index (χ1n) is 7.76. The van der Waals surface area contributed by atoms with Gasteiger partial charge in [-0.3, -0.25) is 14.2 Å². The molecule has 0 saturated carbocycles. The highest BCUT2D eigenvalue weighted by atomic mass is 16.3. The van der Waals surface area contributed by atoms with Crippen molar-refractivity contribution in [1.29, 1.82) is 0 Å². The number of fused-ring (bicyclic) bond motifs is 1. The summed E-state index contributed by atoms with van der Waals surface area (Å²) in [7, 11) is 0. The Hall–Kier alpha value is -2.57. The fraction of sp³-hybridized carbons (Fsp3) is 0.438. The molecule has 122 valence electrons. The molecule has 0 aliphatic carbocycles. The lowest BCUT2D eigenvalue weighted by atomic mass is 10.3. The van der Waals surface area contributed by atoms with E-state index >= 15 is 0 Å². The minimum Gasteiger partial charge on any atom is -0.467 e. The van der Waals surface area contributed by atoms with Crippen LogP contribution in [0.5, 0.6) is 0 Å². The summed E-state index contributed by atoms with van der Waals surface area (Å²) in [6.07, 6.45) is 3.77. The number of rotatable bonds is 6. The maximum absolute atomic E-state index is 12.0. The Balaban J connectivity index is 1.64. The minimum atomic E-state index is -0.0287. The standard InChI is InChI=1S/C16H21N5O2/c1-11(2)21-14-10-18-20(16(14)12(3)19-21)7-6-15(22)17-9-13-5-4-8-23-13/h4-5,8,10-11H,6-7,9H2,1-3H3,(H,17,22). The molecule has 0 saturated heterocycles. The first-order chi connectivity index (χ1) is 11.1. The van der Waals surface area contributed by atoms with Gasteiger partial charge in [-0.1, -0.05) is 0 Å². The van der Waals surface area contributed by atoms with E-state index in [0.717, 1.165) is 22.5 Å². The number of furan rings is 1. The molecule has 1 N–H and O–H groups in total. The number of amides is 1. The smallest absolute Gasteiger partial charge is 0.222 e. The summed E-state index contributed by atoms with van der Waals surface area (Å²) >= 11 is 0. The van der Waals surface area contributed by atoms with E-state index in [2.05, 4.69) is 29.4 Å². The number of carbonyl (C=O) groups is 1. The van der Waals surface area contributed by atoms with Crippen molar-refractivity contribution < 1.29 is 9.21 Å². The zero-order valence-corrected chi connectivity index (χ0v) is 13.6. The first kappa shape index (κ1) is 15.3. The van der Waals surface area contributed by atoms with Crippen LogP contribution in [-0.4, -0.2) is 25.5 Å². The van der Waals surface area contributed by atoms with Gasteiger partial charge in [0.25, 0.3) is 0 Å². The number of hydrogen-bond acceptors (Lipinski definition) is 4. The molecule has 3 rings (SSSR count). The van der Waals surface area contributed by atoms with Crippen molar-refractivity contribution in [2.24, 2.45) is 0 Å². The lowest BCUT2D eigenvalue weighted by molar-refractivity contribution is -0.121. The average Bonchev–Trinajstić information content (AvgIpc) is 3.21. The van der Waals surface area contributed by atoms with Gasteiger partial charge in [-0.05, 0) is 32.9 Å². The molecule has 3 aromatic rings. The molecule has 0 atom stereocenters. The Morgan fingerprint density at radius 1 is 1.43 bits per heavy atom. The lowest BCUT2D eigenvalue weighted by Crippen LogP contribution is -2.23. The third kappa shape index (κ3) is 3.13. The number of carbonyl (C=O) groups excluding carboxylic acids is 1. The molecule has 7 heteroatoms. The Kier molecular flexibility index (Phi) is 4.18. The monoisotopic (exact) mass is 315 g/mol. The van der Waals surface area contributed by atoms with E-state index in [0.29, 0.717) is 19.5 Å². The van der Waals surface area contributed by atoms with Crippen molar-refractivity contribution in [3.63, 3.8) is 0 Å². The Morgan fingerprint density at radius 2 is 2.26 bits per heavy atom. The van der Waals surface area contributed by atoms with E-state index in [1.54, 1.807) is 12.3 Å². The van der Waals surface area contributed by atoms with E-state index in [4.69, 9.17) is 4.42 Å². The van der Waals surface area contributed by atoms with Crippen LogP contribution >= 0.6 is 0 Å². The second-order valence-electron chi connectivity index (χ2n) is 5.83. The second-order valence-corrected chi connectivity index (χ2v) is 5.83. The molecule has 0 aliphatic heterocycles. The summed E-state index contributed by atoms with van der Waals surface area (Å²) in [5.41, 5.74) is 2.94. The van der Waals surface area contributed by atoms with Gasteiger partial charge in [-0.2, -0.15) is 10.2 Å². The molecular formula is C16H21N5O2. The molecule has 23 heavy (non-hydrogen) atoms. The van der Waals surface area contributed by atoms with Gasteiger partial charge < -0.3 is 9.73 Å². The van der Waals surface area contributed by atoms with Crippen LogP contribution in [0.1, 0.15) is 37.8 Å². The van der Waals surface area contributed by atoms with Crippen molar-refractivity contribution in [1.82, 2.24) is 24.9 Å². The average molecular weight is 315 g/mol. The molecule has 0 aromatic carbocycles. The summed E-state index contributed by atoms with van der Waals surface area (Å²) in [6, 6.07) is 3.92. The van der Waals surface area contributed by atoms with Gasteiger partial charge in [0.1, 0.15) is 16.8 Å². The Bertz CT molecular complexity index is 798. The molecule has 0 radical (unpaired) electrons. The van der Waals surface area contributed by atoms with Crippen molar-refractivity contribution in [3.05, 3.63) is 36.0 Å². The molecule has 1 amide bonds. The maximum Gasteiger partial charge on any atom is 0.222 e. The van der Waals surface area contributed by atoms with Crippen LogP contribution in [-0.2, 0) is 17.9 Å². The second kappa shape index (κ2) is 6.28. The van der Waals surface area contributed by atoms with Gasteiger partial charge in [-0.25, -0.2) is 0 Å². The van der Waals surface area contributed by atoms with Crippen LogP contribution in [0.25, 0.3) is 11.0 Å². The zero-order chi connectivity index (χ0) is 16.4. The molecule has 3 aromatic heterocycles. The van der Waals surface area contributed by atoms with E-state index in [9.17, 15) is 4.79 Å². The van der Waals surface area contributed by atoms with Gasteiger partial charge >= 0.3 is 0 Å². The first-order valence-corrected chi connectivity index (χ1v) is 7.76. The topological polar surface area (TPSA) is 77.9 Å². The summed E-state index contributed by atoms with van der Waals surface area (Å²) in [6.45, 7) is 7.08. The van der Waals surface area contributed by atoms with Crippen LogP contribution in [0.15, 0.2) is 29.0 Å². The van der Waals surface area contributed by atoms with E-state index in [1.165, 1.54) is 0 Å². The highest BCUT2D eigenvalue weighted by molar-refractivity contribution is 5.78. The number of nitrogens with zero attached hydrogens (tertiary/aromatic N) is 4. The molecular weight excluding hydrogens is 294 g/mol. The molecule has 0 bridgehead atoms. The fourth-order valence-corrected chi connectivity index (χ4v) is 2.64. The van der Waals surface area contributed by atoms with Crippen molar-refractivity contribution in [2.75, 3.05) is 0 Å². The Labute approximate surface area is 134 Å². The van der Waals surface area contributed by atoms with Crippen LogP contribution in [0.2, 0.25) is 0 Å². The maximum atomic E-state index is 12.0. The number of aryl methyl sites for hydroxylation is 2. The molecule has 0 aliphatic rings. The van der Waals surface area contributed by atoms with Crippen molar-refractivity contribution >= 4 is 16.9 Å². The van der Waals surface area contributed by atoms with Crippen LogP contribution in [0.3, 0.4) is 0 Å². The largest absolute Gasteiger partial charge is 0.467 e. The van der Waals surface area contributed by atoms with Gasteiger partial charge in [0.2, 0.25) is 5.91 Å². The normalized spacial score (nSPS) is 11.5. The predicted molar refractivity (Wildman–Crippen MR) is 85.8 cm³/mol. The molecule has 0 spiro atoms. The van der Waals surface area contributed by atoms with Crippen molar-refractivity contribution in [3.8, 4) is 0 Å². The summed E-state index contributed by atoms with van der Waals surface area (Å²) < 4.78 is 9.00. The molecule has 3 heterocycles. The minimum absolute atomic E-state index is 0.0287. The van der Waals surface area contributed by atoms with Crippen molar-refractivity contribution in [2.45, 2.75) is 46.3 Å². The van der Waals surface area contributed by atoms with Gasteiger partial charge in [0.05, 0.1) is 31.2 Å². The third-order valence-corrected chi connectivity index (χ3v) is 3.75. The predicted octanol–water partition coefficient (Wildman–Crippen LogP) is 2.42. The van der Waals surface area contributed by atoms with Gasteiger partial charge in [0, 0.05) is 12.5 Å². The SMILES string of the molecule is Cc1nn(C(C)C)c2cnn(CCC(=O)NCc3ccco3)c12. The number of aromatic nitrogens is 4. The summed E-state index contributed by atoms with van der Waals surface area (Å²) in [5.74, 6) is 0.716. The lowest BCUT2D eigenvalue weighted by Gasteiger charge is -2.04. The summed E-state index contributed by atoms with van der Waals surface area (Å²) in [4.78, 5) is 12.0. The van der Waals surface area contributed by atoms with Gasteiger partial charge in [0.15, 0.2) is 0 Å². The quantitative estimate of drug-likeness (QED) is 0.758. The summed E-state index contributed by atoms with van der Waals surface area (Å²) in [5, 5.41) is 11.8.